The first kappa shape index (κ1) is 29.4. The fourth-order valence-electron chi connectivity index (χ4n) is 7.90. The van der Waals surface area contributed by atoms with Crippen LogP contribution in [-0.2, 0) is 0 Å². The summed E-state index contributed by atoms with van der Waals surface area (Å²) in [5.41, 5.74) is 11.0. The Morgan fingerprint density at radius 1 is 0.434 bits per heavy atom. The molecule has 0 bridgehead atoms. The highest BCUT2D eigenvalue weighted by atomic mass is 16.5. The van der Waals surface area contributed by atoms with E-state index in [2.05, 4.69) is 136 Å². The molecule has 6 aromatic carbocycles. The zero-order valence-electron chi connectivity index (χ0n) is 28.4. The van der Waals surface area contributed by atoms with Gasteiger partial charge in [0.05, 0.1) is 39.8 Å². The van der Waals surface area contributed by atoms with Gasteiger partial charge in [-0.1, -0.05) is 109 Å². The summed E-state index contributed by atoms with van der Waals surface area (Å²) < 4.78 is 11.2. The highest BCUT2D eigenvalue weighted by Crippen LogP contribution is 2.41. The zero-order valence-corrected chi connectivity index (χ0v) is 28.4. The average molecular weight is 680 g/mol. The summed E-state index contributed by atoms with van der Waals surface area (Å²) in [6, 6.07) is 56.4. The smallest absolute Gasteiger partial charge is 0.146 e. The molecule has 0 aliphatic rings. The van der Waals surface area contributed by atoms with Gasteiger partial charge in [0.25, 0.3) is 0 Å². The van der Waals surface area contributed by atoms with E-state index < -0.39 is 0 Å². The fourth-order valence-corrected chi connectivity index (χ4v) is 7.90. The second-order valence-corrected chi connectivity index (χ2v) is 13.3. The Morgan fingerprint density at radius 3 is 1.81 bits per heavy atom. The minimum atomic E-state index is 0.713. The number of ether oxygens (including phenoxy) is 1. The molecular weight excluding hydrogens is 651 g/mol. The summed E-state index contributed by atoms with van der Waals surface area (Å²) in [6.45, 7) is 0. The molecule has 0 aliphatic heterocycles. The average Bonchev–Trinajstić information content (AvgIpc) is 3.86. The summed E-state index contributed by atoms with van der Waals surface area (Å²) in [7, 11) is 0. The number of aromatic nitrogens is 5. The van der Waals surface area contributed by atoms with E-state index in [4.69, 9.17) is 19.7 Å². The van der Waals surface area contributed by atoms with Gasteiger partial charge < -0.3 is 4.74 Å². The van der Waals surface area contributed by atoms with Gasteiger partial charge in [-0.3, -0.25) is 13.8 Å². The molecule has 11 rings (SSSR count). The molecule has 11 aromatic rings. The minimum absolute atomic E-state index is 0.713. The first-order valence-electron chi connectivity index (χ1n) is 17.7. The standard InChI is InChI=1S/C47H29N5O/c1-4-13-30(14-5-1)42-29-49-46-38-27-33(22-24-35(38)36-19-10-11-20-40(36)51(42)46)53-34-23-25-37-39(28-34)47-50-43(31-15-6-2-7-16-31)45(32-17-8-3-9-18-32)52(47)41-21-12-26-48-44(37)41/h1-29H. The van der Waals surface area contributed by atoms with Crippen LogP contribution >= 0.6 is 0 Å². The maximum absolute atomic E-state index is 6.72. The van der Waals surface area contributed by atoms with Crippen LogP contribution in [0.25, 0.3) is 88.5 Å². The van der Waals surface area contributed by atoms with Gasteiger partial charge in [-0.05, 0) is 60.0 Å². The number of hydrogen-bond donors (Lipinski definition) is 0. The van der Waals surface area contributed by atoms with Crippen LogP contribution in [0, 0.1) is 0 Å². The van der Waals surface area contributed by atoms with Crippen molar-refractivity contribution in [2.24, 2.45) is 0 Å². The lowest BCUT2D eigenvalue weighted by molar-refractivity contribution is 0.484. The number of imidazole rings is 2. The van der Waals surface area contributed by atoms with E-state index in [1.807, 2.05) is 48.8 Å². The van der Waals surface area contributed by atoms with Gasteiger partial charge in [0.15, 0.2) is 0 Å². The lowest BCUT2D eigenvalue weighted by atomic mass is 10.0. The molecule has 0 saturated carbocycles. The number of nitrogens with zero attached hydrogens (tertiary/aromatic N) is 5. The van der Waals surface area contributed by atoms with Crippen molar-refractivity contribution in [1.29, 1.82) is 0 Å². The number of benzene rings is 6. The Hall–Kier alpha value is -7.31. The van der Waals surface area contributed by atoms with Gasteiger partial charge in [0.2, 0.25) is 0 Å². The molecule has 0 atom stereocenters. The first-order valence-corrected chi connectivity index (χ1v) is 17.7. The maximum atomic E-state index is 6.72. The zero-order chi connectivity index (χ0) is 34.9. The van der Waals surface area contributed by atoms with Crippen molar-refractivity contribution in [3.63, 3.8) is 0 Å². The van der Waals surface area contributed by atoms with Gasteiger partial charge in [0.1, 0.15) is 22.8 Å². The monoisotopic (exact) mass is 679 g/mol. The summed E-state index contributed by atoms with van der Waals surface area (Å²) in [6.07, 6.45) is 3.82. The normalized spacial score (nSPS) is 11.8. The number of para-hydroxylation sites is 1. The number of rotatable bonds is 5. The first-order chi connectivity index (χ1) is 26.3. The topological polar surface area (TPSA) is 56.7 Å². The second kappa shape index (κ2) is 11.6. The van der Waals surface area contributed by atoms with Crippen molar-refractivity contribution < 1.29 is 4.74 Å². The molecule has 0 spiro atoms. The van der Waals surface area contributed by atoms with Crippen LogP contribution in [-0.4, -0.2) is 23.8 Å². The van der Waals surface area contributed by atoms with E-state index >= 15 is 0 Å². The van der Waals surface area contributed by atoms with Crippen molar-refractivity contribution in [3.05, 3.63) is 176 Å². The van der Waals surface area contributed by atoms with Crippen molar-refractivity contribution >= 4 is 54.8 Å². The molecule has 0 fully saturated rings. The number of hydrogen-bond acceptors (Lipinski definition) is 4. The van der Waals surface area contributed by atoms with Crippen LogP contribution in [0.2, 0.25) is 0 Å². The Labute approximate surface area is 303 Å². The van der Waals surface area contributed by atoms with Gasteiger partial charge >= 0.3 is 0 Å². The Balaban J connectivity index is 1.12. The lowest BCUT2D eigenvalue weighted by Gasteiger charge is -2.14. The van der Waals surface area contributed by atoms with E-state index in [1.165, 1.54) is 0 Å². The SMILES string of the molecule is c1ccc(-c2nc3c4cc(Oc5ccc6c7ccccc7n7c(-c8ccccc8)cnc7c6c5)ccc4c4ncccc4n3c2-c2ccccc2)cc1. The predicted molar refractivity (Wildman–Crippen MR) is 215 cm³/mol. The van der Waals surface area contributed by atoms with Crippen molar-refractivity contribution in [2.45, 2.75) is 0 Å². The van der Waals surface area contributed by atoms with E-state index in [0.717, 1.165) is 94.3 Å². The Morgan fingerprint density at radius 2 is 1.06 bits per heavy atom. The molecule has 0 amide bonds. The van der Waals surface area contributed by atoms with Crippen molar-refractivity contribution in [1.82, 2.24) is 23.8 Å². The molecule has 53 heavy (non-hydrogen) atoms. The van der Waals surface area contributed by atoms with Crippen molar-refractivity contribution in [2.75, 3.05) is 0 Å². The number of fused-ring (bicyclic) bond motifs is 12. The minimum Gasteiger partial charge on any atom is -0.457 e. The fraction of sp³-hybridized carbons (Fsp3) is 0. The molecule has 248 valence electrons. The predicted octanol–water partition coefficient (Wildman–Crippen LogP) is 11.8. The van der Waals surface area contributed by atoms with Crippen LogP contribution < -0.4 is 4.74 Å². The van der Waals surface area contributed by atoms with Gasteiger partial charge in [0, 0.05) is 44.4 Å². The quantitative estimate of drug-likeness (QED) is 0.170. The molecule has 6 nitrogen and oxygen atoms in total. The van der Waals surface area contributed by atoms with Gasteiger partial charge in [-0.25, -0.2) is 9.97 Å². The lowest BCUT2D eigenvalue weighted by Crippen LogP contribution is -1.96. The number of pyridine rings is 3. The maximum Gasteiger partial charge on any atom is 0.146 e. The second-order valence-electron chi connectivity index (χ2n) is 13.3. The molecule has 0 unspecified atom stereocenters. The highest BCUT2D eigenvalue weighted by Gasteiger charge is 2.22. The molecular formula is C47H29N5O. The van der Waals surface area contributed by atoms with Crippen LogP contribution in [0.3, 0.4) is 0 Å². The Bertz CT molecular complexity index is 3190. The van der Waals surface area contributed by atoms with Gasteiger partial charge in [-0.2, -0.15) is 0 Å². The summed E-state index contributed by atoms with van der Waals surface area (Å²) in [5.74, 6) is 1.44. The van der Waals surface area contributed by atoms with Gasteiger partial charge in [-0.15, -0.1) is 0 Å². The van der Waals surface area contributed by atoms with Crippen LogP contribution in [0.5, 0.6) is 11.5 Å². The van der Waals surface area contributed by atoms with E-state index in [0.29, 0.717) is 5.75 Å². The molecule has 5 aromatic heterocycles. The molecule has 5 heterocycles. The Kier molecular flexibility index (Phi) is 6.45. The molecule has 0 aliphatic carbocycles. The largest absolute Gasteiger partial charge is 0.457 e. The molecule has 0 saturated heterocycles. The van der Waals surface area contributed by atoms with Crippen LogP contribution in [0.1, 0.15) is 0 Å². The van der Waals surface area contributed by atoms with E-state index in [9.17, 15) is 0 Å². The van der Waals surface area contributed by atoms with Crippen LogP contribution in [0.15, 0.2) is 176 Å². The molecule has 0 radical (unpaired) electrons. The third-order valence-corrected chi connectivity index (χ3v) is 10.2. The molecule has 6 heteroatoms. The highest BCUT2D eigenvalue weighted by molar-refractivity contribution is 6.13. The van der Waals surface area contributed by atoms with E-state index in [1.54, 1.807) is 0 Å². The molecule has 0 N–H and O–H groups in total. The summed E-state index contributed by atoms with van der Waals surface area (Å²) in [4.78, 5) is 15.3. The summed E-state index contributed by atoms with van der Waals surface area (Å²) in [5, 5.41) is 5.29. The summed E-state index contributed by atoms with van der Waals surface area (Å²) >= 11 is 0. The third kappa shape index (κ3) is 4.56. The van der Waals surface area contributed by atoms with Crippen LogP contribution in [0.4, 0.5) is 0 Å². The van der Waals surface area contributed by atoms with Crippen molar-refractivity contribution in [3.8, 4) is 45.3 Å². The van der Waals surface area contributed by atoms with E-state index in [-0.39, 0.29) is 0 Å². The third-order valence-electron chi connectivity index (χ3n) is 10.2.